The number of hydrogen-bond acceptors (Lipinski definition) is 2. The molecule has 0 bridgehead atoms. The summed E-state index contributed by atoms with van der Waals surface area (Å²) in [6.45, 7) is 0. The first-order valence-electron chi connectivity index (χ1n) is 2.92. The van der Waals surface area contributed by atoms with Gasteiger partial charge in [0.25, 0.3) is 0 Å². The summed E-state index contributed by atoms with van der Waals surface area (Å²) >= 11 is 5.56. The molecule has 0 fully saturated rings. The summed E-state index contributed by atoms with van der Waals surface area (Å²) in [4.78, 5) is 10.7. The van der Waals surface area contributed by atoms with Crippen LogP contribution < -0.4 is 5.48 Å². The maximum Gasteiger partial charge on any atom is 0.240 e. The first-order valence-corrected chi connectivity index (χ1v) is 3.30. The van der Waals surface area contributed by atoms with Gasteiger partial charge in [-0.05, 0) is 18.2 Å². The van der Waals surface area contributed by atoms with Gasteiger partial charge in [0.2, 0.25) is 5.91 Å². The molecule has 1 rings (SSSR count). The maximum absolute atomic E-state index is 10.7. The van der Waals surface area contributed by atoms with E-state index in [0.29, 0.717) is 5.02 Å². The highest BCUT2D eigenvalue weighted by atomic mass is 35.5. The molecule has 0 heterocycles. The Balaban J connectivity index is 2.96. The molecule has 0 unspecified atom stereocenters. The van der Waals surface area contributed by atoms with Gasteiger partial charge in [-0.25, -0.2) is 0 Å². The van der Waals surface area contributed by atoms with Gasteiger partial charge in [-0.1, -0.05) is 17.7 Å². The Labute approximate surface area is 68.6 Å². The summed E-state index contributed by atoms with van der Waals surface area (Å²) in [7, 11) is 0. The molecule has 0 saturated carbocycles. The number of halogens is 1. The van der Waals surface area contributed by atoms with Gasteiger partial charge in [-0.3, -0.25) is 4.79 Å². The van der Waals surface area contributed by atoms with Gasteiger partial charge in [0, 0.05) is 10.6 Å². The molecule has 1 N–H and O–H groups in total. The Hall–Kier alpha value is -1.06. The van der Waals surface area contributed by atoms with Gasteiger partial charge in [-0.15, -0.1) is 0 Å². The van der Waals surface area contributed by atoms with E-state index >= 15 is 0 Å². The van der Waals surface area contributed by atoms with Crippen LogP contribution in [0.4, 0.5) is 0 Å². The van der Waals surface area contributed by atoms with E-state index in [0.717, 1.165) is 0 Å². The van der Waals surface area contributed by atoms with Crippen LogP contribution in [0.1, 0.15) is 10.4 Å². The van der Waals surface area contributed by atoms with Gasteiger partial charge >= 0.3 is 0 Å². The lowest BCUT2D eigenvalue weighted by atomic mass is 10.2. The standard InChI is InChI=1S/C7H5ClNO2/c8-6-3-1-2-5(4-6)7(10)9-11/h1-4H,(H-,9,10,11)/q-1. The molecular weight excluding hydrogens is 166 g/mol. The third-order valence-corrected chi connectivity index (χ3v) is 1.41. The first kappa shape index (κ1) is 8.04. The van der Waals surface area contributed by atoms with E-state index in [-0.39, 0.29) is 5.56 Å². The molecule has 0 saturated heterocycles. The van der Waals surface area contributed by atoms with Crippen LogP contribution in [0.5, 0.6) is 0 Å². The molecule has 11 heavy (non-hydrogen) atoms. The number of amides is 1. The number of rotatable bonds is 1. The van der Waals surface area contributed by atoms with Crippen molar-refractivity contribution < 1.29 is 4.79 Å². The minimum Gasteiger partial charge on any atom is -0.759 e. The van der Waals surface area contributed by atoms with Gasteiger partial charge < -0.3 is 10.7 Å². The van der Waals surface area contributed by atoms with E-state index in [1.807, 2.05) is 0 Å². The molecule has 0 aliphatic rings. The summed E-state index contributed by atoms with van der Waals surface area (Å²) in [5, 5.41) is 10.3. The second-order valence-electron chi connectivity index (χ2n) is 1.94. The second kappa shape index (κ2) is 3.37. The van der Waals surface area contributed by atoms with Crippen molar-refractivity contribution in [2.24, 2.45) is 0 Å². The lowest BCUT2D eigenvalue weighted by Gasteiger charge is -2.06. The van der Waals surface area contributed by atoms with Crippen molar-refractivity contribution in [2.75, 3.05) is 0 Å². The zero-order valence-electron chi connectivity index (χ0n) is 5.50. The van der Waals surface area contributed by atoms with E-state index in [4.69, 9.17) is 11.6 Å². The van der Waals surface area contributed by atoms with Crippen LogP contribution in [0.25, 0.3) is 0 Å². The number of nitrogens with one attached hydrogen (secondary N) is 1. The molecule has 1 amide bonds. The monoisotopic (exact) mass is 170 g/mol. The number of hydroxylamine groups is 1. The van der Waals surface area contributed by atoms with Crippen molar-refractivity contribution in [3.05, 3.63) is 40.1 Å². The van der Waals surface area contributed by atoms with E-state index in [2.05, 4.69) is 0 Å². The average molecular weight is 171 g/mol. The molecule has 0 aliphatic carbocycles. The molecule has 1 aromatic rings. The highest BCUT2D eigenvalue weighted by molar-refractivity contribution is 6.30. The highest BCUT2D eigenvalue weighted by Crippen LogP contribution is 2.09. The SMILES string of the molecule is O=C(N[O-])c1cccc(Cl)c1. The molecule has 4 heteroatoms. The van der Waals surface area contributed by atoms with Gasteiger partial charge in [-0.2, -0.15) is 0 Å². The molecule has 0 spiro atoms. The molecule has 58 valence electrons. The fraction of sp³-hybridized carbons (Fsp3) is 0. The predicted octanol–water partition coefficient (Wildman–Crippen LogP) is 1.57. The smallest absolute Gasteiger partial charge is 0.240 e. The number of hydrogen-bond donors (Lipinski definition) is 1. The second-order valence-corrected chi connectivity index (χ2v) is 2.38. The third-order valence-electron chi connectivity index (χ3n) is 1.18. The molecule has 0 radical (unpaired) electrons. The topological polar surface area (TPSA) is 52.2 Å². The molecular formula is C7H5ClNO2-. The summed E-state index contributed by atoms with van der Waals surface area (Å²) < 4.78 is 0. The van der Waals surface area contributed by atoms with Crippen LogP contribution in [0.15, 0.2) is 24.3 Å². The Morgan fingerprint density at radius 2 is 2.27 bits per heavy atom. The Kier molecular flexibility index (Phi) is 2.46. The summed E-state index contributed by atoms with van der Waals surface area (Å²) in [6.07, 6.45) is 0. The van der Waals surface area contributed by atoms with Crippen molar-refractivity contribution in [2.45, 2.75) is 0 Å². The number of carbonyl (C=O) groups is 1. The minimum absolute atomic E-state index is 0.271. The Morgan fingerprint density at radius 1 is 1.55 bits per heavy atom. The molecule has 1 aromatic carbocycles. The normalized spacial score (nSPS) is 9.27. The summed E-state index contributed by atoms with van der Waals surface area (Å²) in [5.41, 5.74) is 1.53. The maximum atomic E-state index is 10.7. The van der Waals surface area contributed by atoms with Crippen LogP contribution in [0.3, 0.4) is 0 Å². The van der Waals surface area contributed by atoms with E-state index in [1.165, 1.54) is 17.6 Å². The van der Waals surface area contributed by atoms with Crippen LogP contribution in [-0.4, -0.2) is 5.91 Å². The fourth-order valence-electron chi connectivity index (χ4n) is 0.689. The number of carbonyl (C=O) groups excluding carboxylic acids is 1. The zero-order chi connectivity index (χ0) is 8.27. The van der Waals surface area contributed by atoms with Gasteiger partial charge in [0.15, 0.2) is 0 Å². The average Bonchev–Trinajstić information content (AvgIpc) is 2.03. The van der Waals surface area contributed by atoms with Crippen molar-refractivity contribution in [1.29, 1.82) is 0 Å². The van der Waals surface area contributed by atoms with Crippen LogP contribution in [0, 0.1) is 5.21 Å². The molecule has 0 aromatic heterocycles. The minimum atomic E-state index is -0.674. The van der Waals surface area contributed by atoms with E-state index < -0.39 is 5.91 Å². The largest absolute Gasteiger partial charge is 0.759 e. The summed E-state index contributed by atoms with van der Waals surface area (Å²) in [6, 6.07) is 6.17. The lowest BCUT2D eigenvalue weighted by molar-refractivity contribution is 0.0970. The van der Waals surface area contributed by atoms with Gasteiger partial charge in [0.1, 0.15) is 0 Å². The third kappa shape index (κ3) is 1.93. The summed E-state index contributed by atoms with van der Waals surface area (Å²) in [5.74, 6) is -0.674. The molecule has 3 nitrogen and oxygen atoms in total. The van der Waals surface area contributed by atoms with E-state index in [1.54, 1.807) is 12.1 Å². The van der Waals surface area contributed by atoms with Crippen LogP contribution >= 0.6 is 11.6 Å². The van der Waals surface area contributed by atoms with Crippen LogP contribution in [-0.2, 0) is 0 Å². The van der Waals surface area contributed by atoms with Crippen molar-refractivity contribution >= 4 is 17.5 Å². The Bertz CT molecular complexity index is 275. The predicted molar refractivity (Wildman–Crippen MR) is 42.3 cm³/mol. The highest BCUT2D eigenvalue weighted by Gasteiger charge is 1.99. The fourth-order valence-corrected chi connectivity index (χ4v) is 0.879. The molecule has 0 atom stereocenters. The quantitative estimate of drug-likeness (QED) is 0.651. The van der Waals surface area contributed by atoms with E-state index in [9.17, 15) is 10.0 Å². The van der Waals surface area contributed by atoms with Crippen molar-refractivity contribution in [3.8, 4) is 0 Å². The van der Waals surface area contributed by atoms with Crippen molar-refractivity contribution in [1.82, 2.24) is 5.48 Å². The zero-order valence-corrected chi connectivity index (χ0v) is 6.26. The Morgan fingerprint density at radius 3 is 2.82 bits per heavy atom. The molecule has 0 aliphatic heterocycles. The lowest BCUT2D eigenvalue weighted by Crippen LogP contribution is -2.15. The number of benzene rings is 1. The van der Waals surface area contributed by atoms with Crippen molar-refractivity contribution in [3.63, 3.8) is 0 Å². The first-order chi connectivity index (χ1) is 5.24. The van der Waals surface area contributed by atoms with Crippen LogP contribution in [0.2, 0.25) is 5.02 Å². The van der Waals surface area contributed by atoms with Gasteiger partial charge in [0.05, 0.1) is 0 Å².